The standard InChI is InChI=1S/C10H15N3OS/c1-2-13-4-3-6-7(5-13)15-10(12)8(6)9(11)14/h2-5,12H2,1H3,(H2,11,14). The maximum absolute atomic E-state index is 11.2. The summed E-state index contributed by atoms with van der Waals surface area (Å²) in [6, 6.07) is 0. The van der Waals surface area contributed by atoms with Gasteiger partial charge in [0.05, 0.1) is 10.6 Å². The molecule has 0 radical (unpaired) electrons. The van der Waals surface area contributed by atoms with Gasteiger partial charge >= 0.3 is 0 Å². The molecule has 0 saturated carbocycles. The normalized spacial score (nSPS) is 16.3. The van der Waals surface area contributed by atoms with Crippen LogP contribution in [0.4, 0.5) is 5.00 Å². The molecule has 4 nitrogen and oxygen atoms in total. The summed E-state index contributed by atoms with van der Waals surface area (Å²) >= 11 is 1.50. The van der Waals surface area contributed by atoms with E-state index in [1.54, 1.807) is 0 Å². The number of nitrogens with two attached hydrogens (primary N) is 2. The van der Waals surface area contributed by atoms with Gasteiger partial charge in [0, 0.05) is 18.0 Å². The Bertz CT molecular complexity index is 400. The first-order valence-corrected chi connectivity index (χ1v) is 5.87. The summed E-state index contributed by atoms with van der Waals surface area (Å²) in [7, 11) is 0. The Hall–Kier alpha value is -1.07. The lowest BCUT2D eigenvalue weighted by Crippen LogP contribution is -2.30. The topological polar surface area (TPSA) is 72.3 Å². The van der Waals surface area contributed by atoms with Gasteiger partial charge in [-0.3, -0.25) is 9.69 Å². The Balaban J connectivity index is 2.39. The number of likely N-dealkylation sites (N-methyl/N-ethyl adjacent to an activating group) is 1. The van der Waals surface area contributed by atoms with Crippen LogP contribution in [-0.4, -0.2) is 23.9 Å². The van der Waals surface area contributed by atoms with Crippen LogP contribution in [0, 0.1) is 0 Å². The van der Waals surface area contributed by atoms with Gasteiger partial charge in [-0.25, -0.2) is 0 Å². The molecule has 1 aromatic heterocycles. The van der Waals surface area contributed by atoms with Gasteiger partial charge in [-0.15, -0.1) is 11.3 Å². The summed E-state index contributed by atoms with van der Waals surface area (Å²) in [6.45, 7) is 5.05. The average molecular weight is 225 g/mol. The molecule has 1 aliphatic rings. The number of hydrogen-bond acceptors (Lipinski definition) is 4. The summed E-state index contributed by atoms with van der Waals surface area (Å²) in [6.07, 6.45) is 0.884. The van der Waals surface area contributed by atoms with E-state index in [-0.39, 0.29) is 0 Å². The van der Waals surface area contributed by atoms with Gasteiger partial charge in [0.15, 0.2) is 0 Å². The molecule has 1 amide bonds. The molecule has 2 heterocycles. The quantitative estimate of drug-likeness (QED) is 0.782. The molecule has 2 rings (SSSR count). The van der Waals surface area contributed by atoms with Crippen molar-refractivity contribution in [2.45, 2.75) is 19.9 Å². The lowest BCUT2D eigenvalue weighted by atomic mass is 10.0. The fourth-order valence-electron chi connectivity index (χ4n) is 2.02. The van der Waals surface area contributed by atoms with Gasteiger partial charge in [0.25, 0.3) is 5.91 Å². The van der Waals surface area contributed by atoms with Crippen LogP contribution < -0.4 is 11.5 Å². The first-order valence-electron chi connectivity index (χ1n) is 5.05. The highest BCUT2D eigenvalue weighted by molar-refractivity contribution is 7.16. The van der Waals surface area contributed by atoms with Gasteiger partial charge < -0.3 is 11.5 Å². The number of nitrogen functional groups attached to an aromatic ring is 1. The van der Waals surface area contributed by atoms with Crippen LogP contribution in [-0.2, 0) is 13.0 Å². The number of carbonyl (C=O) groups excluding carboxylic acids is 1. The lowest BCUT2D eigenvalue weighted by Gasteiger charge is -2.25. The fraction of sp³-hybridized carbons (Fsp3) is 0.500. The van der Waals surface area contributed by atoms with Crippen molar-refractivity contribution in [1.82, 2.24) is 4.90 Å². The molecule has 0 spiro atoms. The number of carbonyl (C=O) groups is 1. The van der Waals surface area contributed by atoms with Crippen molar-refractivity contribution in [3.63, 3.8) is 0 Å². The summed E-state index contributed by atoms with van der Waals surface area (Å²) in [5.41, 5.74) is 12.8. The molecule has 0 fully saturated rings. The minimum atomic E-state index is -0.394. The zero-order valence-electron chi connectivity index (χ0n) is 8.75. The molecule has 82 valence electrons. The van der Waals surface area contributed by atoms with Crippen LogP contribution in [0.2, 0.25) is 0 Å². The number of anilines is 1. The summed E-state index contributed by atoms with van der Waals surface area (Å²) < 4.78 is 0. The number of rotatable bonds is 2. The van der Waals surface area contributed by atoms with Crippen molar-refractivity contribution in [1.29, 1.82) is 0 Å². The van der Waals surface area contributed by atoms with Gasteiger partial charge in [0.1, 0.15) is 0 Å². The first kappa shape index (κ1) is 10.4. The minimum absolute atomic E-state index is 0.394. The van der Waals surface area contributed by atoms with E-state index < -0.39 is 5.91 Å². The van der Waals surface area contributed by atoms with Crippen LogP contribution in [0.1, 0.15) is 27.7 Å². The van der Waals surface area contributed by atoms with Crippen molar-refractivity contribution >= 4 is 22.2 Å². The molecule has 0 aromatic carbocycles. The second-order valence-electron chi connectivity index (χ2n) is 3.73. The molecule has 1 aromatic rings. The summed E-state index contributed by atoms with van der Waals surface area (Å²) in [4.78, 5) is 14.8. The average Bonchev–Trinajstić information content (AvgIpc) is 2.52. The Morgan fingerprint density at radius 1 is 1.60 bits per heavy atom. The zero-order valence-corrected chi connectivity index (χ0v) is 9.56. The fourth-order valence-corrected chi connectivity index (χ4v) is 3.18. The van der Waals surface area contributed by atoms with E-state index in [0.29, 0.717) is 10.6 Å². The van der Waals surface area contributed by atoms with E-state index in [9.17, 15) is 4.79 Å². The van der Waals surface area contributed by atoms with Crippen LogP contribution >= 0.6 is 11.3 Å². The third kappa shape index (κ3) is 1.72. The van der Waals surface area contributed by atoms with E-state index in [1.165, 1.54) is 16.2 Å². The monoisotopic (exact) mass is 225 g/mol. The number of nitrogens with zero attached hydrogens (tertiary/aromatic N) is 1. The van der Waals surface area contributed by atoms with E-state index in [1.807, 2.05) is 0 Å². The van der Waals surface area contributed by atoms with Gasteiger partial charge in [-0.1, -0.05) is 6.92 Å². The van der Waals surface area contributed by atoms with Crippen molar-refractivity contribution < 1.29 is 4.79 Å². The Kier molecular flexibility index (Phi) is 2.67. The molecule has 4 N–H and O–H groups in total. The van der Waals surface area contributed by atoms with Crippen LogP contribution in [0.5, 0.6) is 0 Å². The molecule has 5 heteroatoms. The first-order chi connectivity index (χ1) is 7.13. The molecule has 0 saturated heterocycles. The van der Waals surface area contributed by atoms with E-state index in [0.717, 1.165) is 31.6 Å². The maximum Gasteiger partial charge on any atom is 0.251 e. The smallest absolute Gasteiger partial charge is 0.251 e. The van der Waals surface area contributed by atoms with Gasteiger partial charge in [0.2, 0.25) is 0 Å². The van der Waals surface area contributed by atoms with Gasteiger partial charge in [-0.2, -0.15) is 0 Å². The summed E-state index contributed by atoms with van der Waals surface area (Å²) in [5.74, 6) is -0.394. The minimum Gasteiger partial charge on any atom is -0.390 e. The highest BCUT2D eigenvalue weighted by atomic mass is 32.1. The maximum atomic E-state index is 11.2. The molecule has 15 heavy (non-hydrogen) atoms. The Morgan fingerprint density at radius 3 is 2.93 bits per heavy atom. The number of thiophene rings is 1. The number of hydrogen-bond donors (Lipinski definition) is 2. The molecule has 1 aliphatic heterocycles. The van der Waals surface area contributed by atoms with Crippen LogP contribution in [0.25, 0.3) is 0 Å². The zero-order chi connectivity index (χ0) is 11.0. The molecule has 0 aliphatic carbocycles. The Labute approximate surface area is 92.9 Å². The number of primary amides is 1. The van der Waals surface area contributed by atoms with Gasteiger partial charge in [-0.05, 0) is 18.5 Å². The molecular formula is C10H15N3OS. The lowest BCUT2D eigenvalue weighted by molar-refractivity contribution is 0.1000. The molecule has 0 atom stereocenters. The molecule has 0 unspecified atom stereocenters. The number of fused-ring (bicyclic) bond motifs is 1. The SMILES string of the molecule is CCN1CCc2c(sc(N)c2C(N)=O)C1. The van der Waals surface area contributed by atoms with Crippen molar-refractivity contribution in [2.75, 3.05) is 18.8 Å². The van der Waals surface area contributed by atoms with Crippen molar-refractivity contribution in [3.8, 4) is 0 Å². The van der Waals surface area contributed by atoms with E-state index >= 15 is 0 Å². The summed E-state index contributed by atoms with van der Waals surface area (Å²) in [5, 5.41) is 0.574. The highest BCUT2D eigenvalue weighted by Gasteiger charge is 2.24. The third-order valence-electron chi connectivity index (χ3n) is 2.86. The van der Waals surface area contributed by atoms with Crippen molar-refractivity contribution in [2.24, 2.45) is 5.73 Å². The number of amides is 1. The molecular weight excluding hydrogens is 210 g/mol. The van der Waals surface area contributed by atoms with Crippen LogP contribution in [0.3, 0.4) is 0 Å². The predicted octanol–water partition coefficient (Wildman–Crippen LogP) is 0.807. The third-order valence-corrected chi connectivity index (χ3v) is 3.90. The second-order valence-corrected chi connectivity index (χ2v) is 4.86. The largest absolute Gasteiger partial charge is 0.390 e. The predicted molar refractivity (Wildman–Crippen MR) is 61.9 cm³/mol. The van der Waals surface area contributed by atoms with E-state index in [4.69, 9.17) is 11.5 Å². The van der Waals surface area contributed by atoms with E-state index in [2.05, 4.69) is 11.8 Å². The highest BCUT2D eigenvalue weighted by Crippen LogP contribution is 2.34. The van der Waals surface area contributed by atoms with Crippen molar-refractivity contribution in [3.05, 3.63) is 16.0 Å². The van der Waals surface area contributed by atoms with Crippen LogP contribution in [0.15, 0.2) is 0 Å². The second kappa shape index (κ2) is 3.83. The Morgan fingerprint density at radius 2 is 2.33 bits per heavy atom. The molecule has 0 bridgehead atoms.